The second-order valence-corrected chi connectivity index (χ2v) is 3.07. The van der Waals surface area contributed by atoms with Crippen molar-refractivity contribution in [3.05, 3.63) is 35.9 Å². The molecule has 0 bridgehead atoms. The van der Waals surface area contributed by atoms with Crippen LogP contribution in [-0.2, 0) is 4.84 Å². The summed E-state index contributed by atoms with van der Waals surface area (Å²) in [5.74, 6) is 4.78. The van der Waals surface area contributed by atoms with Gasteiger partial charge in [0, 0.05) is 5.56 Å². The molecule has 76 valence electrons. The SMILES string of the molecule is CC(CON)NC(=O)c1ccccc1. The maximum Gasteiger partial charge on any atom is 0.251 e. The highest BCUT2D eigenvalue weighted by atomic mass is 16.6. The fraction of sp³-hybridized carbons (Fsp3) is 0.300. The van der Waals surface area contributed by atoms with Crippen LogP contribution in [-0.4, -0.2) is 18.6 Å². The van der Waals surface area contributed by atoms with Gasteiger partial charge in [-0.05, 0) is 19.1 Å². The van der Waals surface area contributed by atoms with Gasteiger partial charge in [0.15, 0.2) is 0 Å². The van der Waals surface area contributed by atoms with E-state index in [9.17, 15) is 4.79 Å². The number of carbonyl (C=O) groups excluding carboxylic acids is 1. The molecule has 0 heterocycles. The molecule has 0 fully saturated rings. The zero-order chi connectivity index (χ0) is 10.4. The van der Waals surface area contributed by atoms with E-state index >= 15 is 0 Å². The second-order valence-electron chi connectivity index (χ2n) is 3.07. The average molecular weight is 194 g/mol. The van der Waals surface area contributed by atoms with Crippen molar-refractivity contribution in [1.82, 2.24) is 5.32 Å². The fourth-order valence-corrected chi connectivity index (χ4v) is 1.08. The largest absolute Gasteiger partial charge is 0.347 e. The van der Waals surface area contributed by atoms with Gasteiger partial charge in [-0.3, -0.25) is 4.79 Å². The Balaban J connectivity index is 2.51. The van der Waals surface area contributed by atoms with Crippen molar-refractivity contribution in [2.45, 2.75) is 13.0 Å². The number of rotatable bonds is 4. The molecular weight excluding hydrogens is 180 g/mol. The Kier molecular flexibility index (Phi) is 4.10. The van der Waals surface area contributed by atoms with Gasteiger partial charge in [0.2, 0.25) is 0 Å². The number of nitrogens with one attached hydrogen (secondary N) is 1. The van der Waals surface area contributed by atoms with Crippen molar-refractivity contribution in [2.24, 2.45) is 5.90 Å². The molecule has 0 aliphatic rings. The number of benzene rings is 1. The molecule has 1 rings (SSSR count). The van der Waals surface area contributed by atoms with E-state index in [0.29, 0.717) is 12.2 Å². The number of amides is 1. The van der Waals surface area contributed by atoms with Crippen LogP contribution in [0.5, 0.6) is 0 Å². The molecule has 3 N–H and O–H groups in total. The van der Waals surface area contributed by atoms with E-state index in [1.807, 2.05) is 25.1 Å². The van der Waals surface area contributed by atoms with Crippen LogP contribution in [0.15, 0.2) is 30.3 Å². The highest BCUT2D eigenvalue weighted by Gasteiger charge is 2.08. The molecule has 0 radical (unpaired) electrons. The molecule has 14 heavy (non-hydrogen) atoms. The zero-order valence-corrected chi connectivity index (χ0v) is 8.07. The highest BCUT2D eigenvalue weighted by Crippen LogP contribution is 1.98. The molecule has 0 aromatic heterocycles. The van der Waals surface area contributed by atoms with Gasteiger partial charge in [-0.1, -0.05) is 18.2 Å². The molecule has 1 atom stereocenters. The summed E-state index contributed by atoms with van der Waals surface area (Å²) in [6.07, 6.45) is 0. The van der Waals surface area contributed by atoms with E-state index in [1.54, 1.807) is 12.1 Å². The van der Waals surface area contributed by atoms with Crippen LogP contribution < -0.4 is 11.2 Å². The first-order valence-electron chi connectivity index (χ1n) is 4.41. The molecular formula is C10H14N2O2. The van der Waals surface area contributed by atoms with Crippen molar-refractivity contribution in [3.8, 4) is 0 Å². The summed E-state index contributed by atoms with van der Waals surface area (Å²) in [5.41, 5.74) is 0.636. The number of nitrogens with two attached hydrogens (primary N) is 1. The minimum atomic E-state index is -0.116. The first-order valence-corrected chi connectivity index (χ1v) is 4.41. The van der Waals surface area contributed by atoms with E-state index in [0.717, 1.165) is 0 Å². The standard InChI is InChI=1S/C10H14N2O2/c1-8(7-14-11)12-10(13)9-5-3-2-4-6-9/h2-6,8H,7,11H2,1H3,(H,12,13). The second kappa shape index (κ2) is 5.36. The Morgan fingerprint density at radius 1 is 1.50 bits per heavy atom. The monoisotopic (exact) mass is 194 g/mol. The van der Waals surface area contributed by atoms with Crippen LogP contribution in [0.2, 0.25) is 0 Å². The van der Waals surface area contributed by atoms with Gasteiger partial charge < -0.3 is 10.2 Å². The molecule has 0 aliphatic heterocycles. The Bertz CT molecular complexity index is 287. The van der Waals surface area contributed by atoms with Crippen LogP contribution in [0.25, 0.3) is 0 Å². The molecule has 1 aromatic rings. The topological polar surface area (TPSA) is 64.3 Å². The molecule has 1 aromatic carbocycles. The lowest BCUT2D eigenvalue weighted by Crippen LogP contribution is -2.36. The van der Waals surface area contributed by atoms with Crippen LogP contribution >= 0.6 is 0 Å². The van der Waals surface area contributed by atoms with Gasteiger partial charge in [0.1, 0.15) is 0 Å². The summed E-state index contributed by atoms with van der Waals surface area (Å²) in [4.78, 5) is 15.9. The minimum Gasteiger partial charge on any atom is -0.347 e. The smallest absolute Gasteiger partial charge is 0.251 e. The predicted molar refractivity (Wildman–Crippen MR) is 53.5 cm³/mol. The van der Waals surface area contributed by atoms with Crippen molar-refractivity contribution in [1.29, 1.82) is 0 Å². The van der Waals surface area contributed by atoms with Gasteiger partial charge in [0.25, 0.3) is 5.91 Å². The van der Waals surface area contributed by atoms with Crippen molar-refractivity contribution in [2.75, 3.05) is 6.61 Å². The maximum absolute atomic E-state index is 11.5. The first-order chi connectivity index (χ1) is 6.74. The molecule has 0 saturated heterocycles. The fourth-order valence-electron chi connectivity index (χ4n) is 1.08. The third-order valence-corrected chi connectivity index (χ3v) is 1.76. The number of hydrogen-bond acceptors (Lipinski definition) is 3. The van der Waals surface area contributed by atoms with E-state index in [-0.39, 0.29) is 11.9 Å². The van der Waals surface area contributed by atoms with Gasteiger partial charge in [-0.2, -0.15) is 0 Å². The van der Waals surface area contributed by atoms with E-state index in [4.69, 9.17) is 5.90 Å². The van der Waals surface area contributed by atoms with Crippen LogP contribution in [0, 0.1) is 0 Å². The molecule has 0 saturated carbocycles. The predicted octanol–water partition coefficient (Wildman–Crippen LogP) is 0.695. The summed E-state index contributed by atoms with van der Waals surface area (Å²) in [5, 5.41) is 2.75. The lowest BCUT2D eigenvalue weighted by Gasteiger charge is -2.11. The zero-order valence-electron chi connectivity index (χ0n) is 8.07. The molecule has 1 amide bonds. The Morgan fingerprint density at radius 2 is 2.14 bits per heavy atom. The Hall–Kier alpha value is -1.39. The summed E-state index contributed by atoms with van der Waals surface area (Å²) in [6, 6.07) is 8.92. The van der Waals surface area contributed by atoms with Gasteiger partial charge in [-0.15, -0.1) is 0 Å². The normalized spacial score (nSPS) is 12.1. The third-order valence-electron chi connectivity index (χ3n) is 1.76. The average Bonchev–Trinajstić information content (AvgIpc) is 2.19. The summed E-state index contributed by atoms with van der Waals surface area (Å²) in [6.45, 7) is 2.13. The summed E-state index contributed by atoms with van der Waals surface area (Å²) < 4.78 is 0. The van der Waals surface area contributed by atoms with Crippen LogP contribution in [0.1, 0.15) is 17.3 Å². The number of hydrogen-bond donors (Lipinski definition) is 2. The summed E-state index contributed by atoms with van der Waals surface area (Å²) >= 11 is 0. The quantitative estimate of drug-likeness (QED) is 0.693. The molecule has 4 nitrogen and oxygen atoms in total. The van der Waals surface area contributed by atoms with Crippen LogP contribution in [0.4, 0.5) is 0 Å². The molecule has 1 unspecified atom stereocenters. The van der Waals surface area contributed by atoms with E-state index < -0.39 is 0 Å². The Labute approximate surface area is 83.0 Å². The van der Waals surface area contributed by atoms with Crippen molar-refractivity contribution < 1.29 is 9.63 Å². The Morgan fingerprint density at radius 3 is 2.71 bits per heavy atom. The van der Waals surface area contributed by atoms with Crippen molar-refractivity contribution in [3.63, 3.8) is 0 Å². The minimum absolute atomic E-state index is 0.0901. The van der Waals surface area contributed by atoms with E-state index in [1.165, 1.54) is 0 Å². The molecule has 4 heteroatoms. The maximum atomic E-state index is 11.5. The van der Waals surface area contributed by atoms with E-state index in [2.05, 4.69) is 10.2 Å². The first kappa shape index (κ1) is 10.7. The van der Waals surface area contributed by atoms with Gasteiger partial charge >= 0.3 is 0 Å². The lowest BCUT2D eigenvalue weighted by molar-refractivity contribution is 0.0857. The van der Waals surface area contributed by atoms with Gasteiger partial charge in [0.05, 0.1) is 12.6 Å². The third kappa shape index (κ3) is 3.16. The highest BCUT2D eigenvalue weighted by molar-refractivity contribution is 5.94. The van der Waals surface area contributed by atoms with Crippen molar-refractivity contribution >= 4 is 5.91 Å². The van der Waals surface area contributed by atoms with Gasteiger partial charge in [-0.25, -0.2) is 5.90 Å². The molecule has 0 spiro atoms. The molecule has 0 aliphatic carbocycles. The summed E-state index contributed by atoms with van der Waals surface area (Å²) in [7, 11) is 0. The lowest BCUT2D eigenvalue weighted by atomic mass is 10.2. The van der Waals surface area contributed by atoms with Crippen LogP contribution in [0.3, 0.4) is 0 Å². The number of carbonyl (C=O) groups is 1.